The number of hydrogen-bond donors (Lipinski definition) is 1. The van der Waals surface area contributed by atoms with Gasteiger partial charge in [-0.25, -0.2) is 4.99 Å². The normalized spacial score (nSPS) is 15.3. The minimum absolute atomic E-state index is 0. The molecule has 2 heterocycles. The lowest BCUT2D eigenvalue weighted by Gasteiger charge is -2.34. The van der Waals surface area contributed by atoms with Crippen molar-refractivity contribution in [3.63, 3.8) is 0 Å². The number of piperidine rings is 1. The maximum absolute atomic E-state index is 6.11. The molecule has 0 unspecified atom stereocenters. The van der Waals surface area contributed by atoms with Crippen LogP contribution in [0.3, 0.4) is 0 Å². The zero-order valence-corrected chi connectivity index (χ0v) is 19.6. The van der Waals surface area contributed by atoms with E-state index in [1.165, 1.54) is 11.3 Å². The predicted molar refractivity (Wildman–Crippen MR) is 125 cm³/mol. The van der Waals surface area contributed by atoms with E-state index in [1.807, 2.05) is 42.1 Å². The topological polar surface area (TPSA) is 54.7 Å². The van der Waals surface area contributed by atoms with Crippen molar-refractivity contribution in [1.82, 2.24) is 20.0 Å². The third-order valence-electron chi connectivity index (χ3n) is 5.17. The molecule has 0 spiro atoms. The Morgan fingerprint density at radius 2 is 1.89 bits per heavy atom. The van der Waals surface area contributed by atoms with Gasteiger partial charge in [-0.3, -0.25) is 4.68 Å². The molecule has 1 N–H and O–H groups in total. The van der Waals surface area contributed by atoms with Gasteiger partial charge in [-0.2, -0.15) is 5.10 Å². The summed E-state index contributed by atoms with van der Waals surface area (Å²) < 4.78 is 8.04. The van der Waals surface area contributed by atoms with Crippen molar-refractivity contribution < 1.29 is 4.74 Å². The lowest BCUT2D eigenvalue weighted by Crippen LogP contribution is -2.47. The molecule has 0 amide bonds. The Labute approximate surface area is 185 Å². The van der Waals surface area contributed by atoms with Crippen LogP contribution in [0, 0.1) is 13.8 Å². The molecule has 1 fully saturated rings. The van der Waals surface area contributed by atoms with Gasteiger partial charge in [-0.05, 0) is 32.9 Å². The van der Waals surface area contributed by atoms with Gasteiger partial charge in [0.1, 0.15) is 11.9 Å². The van der Waals surface area contributed by atoms with E-state index in [9.17, 15) is 0 Å². The number of nitrogens with one attached hydrogen (secondary N) is 1. The zero-order chi connectivity index (χ0) is 19.2. The van der Waals surface area contributed by atoms with Crippen LogP contribution in [0.1, 0.15) is 36.7 Å². The molecule has 1 aromatic heterocycles. The molecule has 3 rings (SSSR count). The molecule has 1 aliphatic rings. The van der Waals surface area contributed by atoms with Crippen LogP contribution < -0.4 is 10.1 Å². The van der Waals surface area contributed by atoms with Gasteiger partial charge >= 0.3 is 0 Å². The van der Waals surface area contributed by atoms with Crippen molar-refractivity contribution in [1.29, 1.82) is 0 Å². The maximum atomic E-state index is 6.11. The molecular formula is C21H32IN5O. The Morgan fingerprint density at radius 3 is 2.46 bits per heavy atom. The van der Waals surface area contributed by atoms with E-state index < -0.39 is 0 Å². The first-order valence-electron chi connectivity index (χ1n) is 9.82. The Morgan fingerprint density at radius 1 is 1.21 bits per heavy atom. The Kier molecular flexibility index (Phi) is 8.59. The standard InChI is InChI=1S/C21H31N5O.HI/c1-5-22-21(23-15-20-16(2)24-25(4)17(20)3)26-13-11-19(12-14-26)27-18-9-7-6-8-10-18;/h6-10,19H,5,11-15H2,1-4H3,(H,22,23);1H. The first kappa shape index (κ1) is 22.5. The number of guanidine groups is 1. The Balaban J connectivity index is 0.00000280. The molecule has 28 heavy (non-hydrogen) atoms. The second-order valence-electron chi connectivity index (χ2n) is 7.06. The molecular weight excluding hydrogens is 465 g/mol. The fraction of sp³-hybridized carbons (Fsp3) is 0.524. The average Bonchev–Trinajstić information content (AvgIpc) is 2.92. The summed E-state index contributed by atoms with van der Waals surface area (Å²) in [6.45, 7) is 9.70. The smallest absolute Gasteiger partial charge is 0.194 e. The number of ether oxygens (including phenoxy) is 1. The summed E-state index contributed by atoms with van der Waals surface area (Å²) in [4.78, 5) is 7.23. The monoisotopic (exact) mass is 497 g/mol. The number of hydrogen-bond acceptors (Lipinski definition) is 3. The van der Waals surface area contributed by atoms with Gasteiger partial charge in [0.15, 0.2) is 5.96 Å². The number of aromatic nitrogens is 2. The van der Waals surface area contributed by atoms with Gasteiger partial charge in [0.25, 0.3) is 0 Å². The Hall–Kier alpha value is -1.77. The predicted octanol–water partition coefficient (Wildman–Crippen LogP) is 3.66. The maximum Gasteiger partial charge on any atom is 0.194 e. The number of nitrogens with zero attached hydrogens (tertiary/aromatic N) is 4. The second kappa shape index (κ2) is 10.7. The number of aryl methyl sites for hydroxylation is 2. The summed E-state index contributed by atoms with van der Waals surface area (Å²) in [7, 11) is 1.98. The molecule has 0 aliphatic carbocycles. The van der Waals surface area contributed by atoms with Crippen LogP contribution in [-0.4, -0.2) is 46.4 Å². The minimum atomic E-state index is 0. The van der Waals surface area contributed by atoms with Crippen molar-refractivity contribution in [2.75, 3.05) is 19.6 Å². The van der Waals surface area contributed by atoms with Gasteiger partial charge in [0, 0.05) is 50.8 Å². The molecule has 7 heteroatoms. The van der Waals surface area contributed by atoms with Crippen molar-refractivity contribution in [2.24, 2.45) is 12.0 Å². The molecule has 0 saturated carbocycles. The van der Waals surface area contributed by atoms with Crippen molar-refractivity contribution in [3.8, 4) is 5.75 Å². The first-order valence-corrected chi connectivity index (χ1v) is 9.82. The first-order chi connectivity index (χ1) is 13.1. The fourth-order valence-electron chi connectivity index (χ4n) is 3.50. The third kappa shape index (κ3) is 5.62. The van der Waals surface area contributed by atoms with Crippen molar-refractivity contribution in [3.05, 3.63) is 47.3 Å². The van der Waals surface area contributed by atoms with E-state index in [2.05, 4.69) is 36.1 Å². The second-order valence-corrected chi connectivity index (χ2v) is 7.06. The summed E-state index contributed by atoms with van der Waals surface area (Å²) in [5, 5.41) is 7.93. The molecule has 1 saturated heterocycles. The molecule has 1 aliphatic heterocycles. The highest BCUT2D eigenvalue weighted by Crippen LogP contribution is 2.19. The van der Waals surface area contributed by atoms with E-state index in [0.29, 0.717) is 6.54 Å². The van der Waals surface area contributed by atoms with E-state index >= 15 is 0 Å². The highest BCUT2D eigenvalue weighted by Gasteiger charge is 2.23. The van der Waals surface area contributed by atoms with E-state index in [-0.39, 0.29) is 30.1 Å². The van der Waals surface area contributed by atoms with Crippen LogP contribution in [0.4, 0.5) is 0 Å². The quantitative estimate of drug-likeness (QED) is 0.389. The van der Waals surface area contributed by atoms with Gasteiger partial charge in [0.05, 0.1) is 12.2 Å². The van der Waals surface area contributed by atoms with Crippen LogP contribution in [0.2, 0.25) is 0 Å². The number of likely N-dealkylation sites (tertiary alicyclic amines) is 1. The SMILES string of the molecule is CCNC(=NCc1c(C)nn(C)c1C)N1CCC(Oc2ccccc2)CC1.I. The summed E-state index contributed by atoms with van der Waals surface area (Å²) in [6, 6.07) is 10.1. The number of halogens is 1. The van der Waals surface area contributed by atoms with Gasteiger partial charge in [-0.1, -0.05) is 18.2 Å². The molecule has 6 nitrogen and oxygen atoms in total. The zero-order valence-electron chi connectivity index (χ0n) is 17.3. The number of rotatable bonds is 5. The highest BCUT2D eigenvalue weighted by atomic mass is 127. The minimum Gasteiger partial charge on any atom is -0.490 e. The molecule has 1 aromatic carbocycles. The third-order valence-corrected chi connectivity index (χ3v) is 5.17. The molecule has 0 atom stereocenters. The Bertz CT molecular complexity index is 767. The van der Waals surface area contributed by atoms with Crippen molar-refractivity contribution >= 4 is 29.9 Å². The van der Waals surface area contributed by atoms with Crippen LogP contribution in [0.15, 0.2) is 35.3 Å². The van der Waals surface area contributed by atoms with E-state index in [0.717, 1.165) is 49.9 Å². The summed E-state index contributed by atoms with van der Waals surface area (Å²) >= 11 is 0. The lowest BCUT2D eigenvalue weighted by molar-refractivity contribution is 0.129. The lowest BCUT2D eigenvalue weighted by atomic mass is 10.1. The van der Waals surface area contributed by atoms with E-state index in [4.69, 9.17) is 9.73 Å². The largest absolute Gasteiger partial charge is 0.490 e. The fourth-order valence-corrected chi connectivity index (χ4v) is 3.50. The highest BCUT2D eigenvalue weighted by molar-refractivity contribution is 14.0. The number of aliphatic imine (C=N–C) groups is 1. The summed E-state index contributed by atoms with van der Waals surface area (Å²) in [5.74, 6) is 1.94. The number of para-hydroxylation sites is 1. The molecule has 0 radical (unpaired) electrons. The van der Waals surface area contributed by atoms with Gasteiger partial charge in [0.2, 0.25) is 0 Å². The number of benzene rings is 1. The average molecular weight is 497 g/mol. The molecule has 2 aromatic rings. The molecule has 0 bridgehead atoms. The van der Waals surface area contributed by atoms with Crippen LogP contribution in [-0.2, 0) is 13.6 Å². The summed E-state index contributed by atoms with van der Waals surface area (Å²) in [6.07, 6.45) is 2.28. The summed E-state index contributed by atoms with van der Waals surface area (Å²) in [5.41, 5.74) is 3.46. The van der Waals surface area contributed by atoms with Crippen LogP contribution in [0.5, 0.6) is 5.75 Å². The van der Waals surface area contributed by atoms with Gasteiger partial charge < -0.3 is 15.0 Å². The van der Waals surface area contributed by atoms with Crippen LogP contribution in [0.25, 0.3) is 0 Å². The molecule has 154 valence electrons. The van der Waals surface area contributed by atoms with Gasteiger partial charge in [-0.15, -0.1) is 24.0 Å². The van der Waals surface area contributed by atoms with Crippen LogP contribution >= 0.6 is 24.0 Å². The van der Waals surface area contributed by atoms with Crippen molar-refractivity contribution in [2.45, 2.75) is 46.3 Å². The van der Waals surface area contributed by atoms with E-state index in [1.54, 1.807) is 0 Å².